The van der Waals surface area contributed by atoms with Gasteiger partial charge in [0.2, 0.25) is 5.91 Å². The van der Waals surface area contributed by atoms with Gasteiger partial charge in [-0.15, -0.1) is 11.3 Å². The van der Waals surface area contributed by atoms with Gasteiger partial charge in [0, 0.05) is 40.5 Å². The van der Waals surface area contributed by atoms with Crippen LogP contribution in [0.5, 0.6) is 11.5 Å². The fourth-order valence-electron chi connectivity index (χ4n) is 3.15. The van der Waals surface area contributed by atoms with E-state index < -0.39 is 0 Å². The third-order valence-electron chi connectivity index (χ3n) is 4.67. The molecule has 156 valence electrons. The Morgan fingerprint density at radius 3 is 2.70 bits per heavy atom. The number of hydrogen-bond donors (Lipinski definition) is 1. The molecule has 0 saturated carbocycles. The molecule has 3 heterocycles. The highest BCUT2D eigenvalue weighted by atomic mass is 32.1. The molecule has 0 saturated heterocycles. The molecule has 0 fully saturated rings. The Morgan fingerprint density at radius 2 is 1.93 bits per heavy atom. The normalized spacial score (nSPS) is 12.4. The largest absolute Gasteiger partial charge is 0.486 e. The maximum Gasteiger partial charge on any atom is 0.252 e. The van der Waals surface area contributed by atoms with Crippen LogP contribution in [0.3, 0.4) is 0 Å². The van der Waals surface area contributed by atoms with Crippen LogP contribution in [0, 0.1) is 0 Å². The Balaban J connectivity index is 1.40. The maximum absolute atomic E-state index is 13.1. The van der Waals surface area contributed by atoms with Crippen LogP contribution >= 0.6 is 22.7 Å². The van der Waals surface area contributed by atoms with Gasteiger partial charge in [0.15, 0.2) is 11.5 Å². The summed E-state index contributed by atoms with van der Waals surface area (Å²) in [6, 6.07) is 11.4. The minimum Gasteiger partial charge on any atom is -0.486 e. The van der Waals surface area contributed by atoms with Gasteiger partial charge in [0.05, 0.1) is 6.54 Å². The second-order valence-electron chi connectivity index (χ2n) is 6.76. The minimum absolute atomic E-state index is 0.00450. The molecule has 6 nitrogen and oxygen atoms in total. The molecule has 0 atom stereocenters. The molecule has 1 N–H and O–H groups in total. The number of benzene rings is 1. The summed E-state index contributed by atoms with van der Waals surface area (Å²) in [5.41, 5.74) is 1.43. The van der Waals surface area contributed by atoms with Gasteiger partial charge < -0.3 is 19.7 Å². The number of carbonyl (C=O) groups excluding carboxylic acids is 2. The second-order valence-corrected chi connectivity index (χ2v) is 8.57. The number of hydrogen-bond acceptors (Lipinski definition) is 6. The summed E-state index contributed by atoms with van der Waals surface area (Å²) in [6.45, 7) is 1.98. The van der Waals surface area contributed by atoms with Crippen molar-refractivity contribution >= 4 is 40.2 Å². The standard InChI is InChI=1S/C22H22N2O4S2/c25-21(4-1-8-23-22(26)16-7-12-29-15-16)24(14-18-3-2-11-30-18)17-5-6-19-20(13-17)28-10-9-27-19/h2-3,5-7,11-13,15H,1,4,8-10,14H2,(H,23,26). The van der Waals surface area contributed by atoms with Crippen molar-refractivity contribution in [2.24, 2.45) is 0 Å². The van der Waals surface area contributed by atoms with E-state index in [1.807, 2.05) is 46.5 Å². The molecule has 2 aromatic heterocycles. The van der Waals surface area contributed by atoms with Gasteiger partial charge in [-0.2, -0.15) is 11.3 Å². The highest BCUT2D eigenvalue weighted by Gasteiger charge is 2.20. The zero-order valence-electron chi connectivity index (χ0n) is 16.3. The molecule has 0 radical (unpaired) electrons. The molecular weight excluding hydrogens is 420 g/mol. The molecule has 0 spiro atoms. The van der Waals surface area contributed by atoms with Gasteiger partial charge in [0.25, 0.3) is 5.91 Å². The first-order chi connectivity index (χ1) is 14.7. The maximum atomic E-state index is 13.1. The van der Waals surface area contributed by atoms with Crippen molar-refractivity contribution in [2.45, 2.75) is 19.4 Å². The zero-order valence-corrected chi connectivity index (χ0v) is 18.0. The third kappa shape index (κ3) is 5.01. The Bertz CT molecular complexity index is 987. The summed E-state index contributed by atoms with van der Waals surface area (Å²) in [4.78, 5) is 28.0. The fraction of sp³-hybridized carbons (Fsp3) is 0.273. The third-order valence-corrected chi connectivity index (χ3v) is 6.21. The van der Waals surface area contributed by atoms with Crippen LogP contribution in [0.25, 0.3) is 0 Å². The molecule has 1 aliphatic rings. The van der Waals surface area contributed by atoms with Crippen molar-refractivity contribution in [1.29, 1.82) is 0 Å². The van der Waals surface area contributed by atoms with E-state index in [2.05, 4.69) is 5.32 Å². The van der Waals surface area contributed by atoms with Crippen LogP contribution in [0.2, 0.25) is 0 Å². The van der Waals surface area contributed by atoms with E-state index in [1.54, 1.807) is 22.3 Å². The summed E-state index contributed by atoms with van der Waals surface area (Å²) in [6.07, 6.45) is 0.907. The predicted molar refractivity (Wildman–Crippen MR) is 119 cm³/mol. The average molecular weight is 443 g/mol. The summed E-state index contributed by atoms with van der Waals surface area (Å²) >= 11 is 3.10. The lowest BCUT2D eigenvalue weighted by Gasteiger charge is -2.25. The number of anilines is 1. The monoisotopic (exact) mass is 442 g/mol. The van der Waals surface area contributed by atoms with E-state index in [-0.39, 0.29) is 11.8 Å². The molecule has 0 aliphatic carbocycles. The van der Waals surface area contributed by atoms with Gasteiger partial charge >= 0.3 is 0 Å². The van der Waals surface area contributed by atoms with Crippen molar-refractivity contribution in [3.63, 3.8) is 0 Å². The van der Waals surface area contributed by atoms with Crippen molar-refractivity contribution in [2.75, 3.05) is 24.7 Å². The lowest BCUT2D eigenvalue weighted by molar-refractivity contribution is -0.118. The van der Waals surface area contributed by atoms with Crippen molar-refractivity contribution in [1.82, 2.24) is 5.32 Å². The topological polar surface area (TPSA) is 67.9 Å². The quantitative estimate of drug-likeness (QED) is 0.528. The summed E-state index contributed by atoms with van der Waals surface area (Å²) < 4.78 is 11.3. The van der Waals surface area contributed by atoms with E-state index in [4.69, 9.17) is 9.47 Å². The highest BCUT2D eigenvalue weighted by Crippen LogP contribution is 2.35. The van der Waals surface area contributed by atoms with Gasteiger partial charge in [0.1, 0.15) is 13.2 Å². The number of thiophene rings is 2. The minimum atomic E-state index is -0.106. The van der Waals surface area contributed by atoms with Crippen molar-refractivity contribution < 1.29 is 19.1 Å². The molecular formula is C22H22N2O4S2. The first-order valence-electron chi connectivity index (χ1n) is 9.73. The molecule has 0 bridgehead atoms. The number of rotatable bonds is 8. The van der Waals surface area contributed by atoms with E-state index in [1.165, 1.54) is 11.3 Å². The van der Waals surface area contributed by atoms with Crippen LogP contribution < -0.4 is 19.7 Å². The number of ether oxygens (including phenoxy) is 2. The number of nitrogens with one attached hydrogen (secondary N) is 1. The summed E-state index contributed by atoms with van der Waals surface area (Å²) in [7, 11) is 0. The van der Waals surface area contributed by atoms with Crippen LogP contribution in [0.1, 0.15) is 28.1 Å². The van der Waals surface area contributed by atoms with Gasteiger partial charge in [-0.3, -0.25) is 9.59 Å². The van der Waals surface area contributed by atoms with Crippen LogP contribution in [-0.2, 0) is 11.3 Å². The Labute approximate surface area is 183 Å². The molecule has 8 heteroatoms. The molecule has 30 heavy (non-hydrogen) atoms. The van der Waals surface area contributed by atoms with E-state index in [0.29, 0.717) is 56.2 Å². The Morgan fingerprint density at radius 1 is 1.07 bits per heavy atom. The van der Waals surface area contributed by atoms with Crippen molar-refractivity contribution in [3.05, 3.63) is 63.0 Å². The predicted octanol–water partition coefficient (Wildman–Crippen LogP) is 4.32. The molecule has 1 aromatic carbocycles. The smallest absolute Gasteiger partial charge is 0.252 e. The fourth-order valence-corrected chi connectivity index (χ4v) is 4.48. The van der Waals surface area contributed by atoms with Gasteiger partial charge in [-0.1, -0.05) is 6.07 Å². The molecule has 1 aliphatic heterocycles. The zero-order chi connectivity index (χ0) is 20.8. The summed E-state index contributed by atoms with van der Waals surface area (Å²) in [5.74, 6) is 1.26. The average Bonchev–Trinajstić information content (AvgIpc) is 3.49. The van der Waals surface area contributed by atoms with Crippen LogP contribution in [-0.4, -0.2) is 31.6 Å². The lowest BCUT2D eigenvalue weighted by Crippen LogP contribution is -2.31. The van der Waals surface area contributed by atoms with E-state index >= 15 is 0 Å². The van der Waals surface area contributed by atoms with Gasteiger partial charge in [-0.25, -0.2) is 0 Å². The van der Waals surface area contributed by atoms with Crippen LogP contribution in [0.15, 0.2) is 52.5 Å². The van der Waals surface area contributed by atoms with E-state index in [0.717, 1.165) is 10.6 Å². The Kier molecular flexibility index (Phi) is 6.66. The van der Waals surface area contributed by atoms with Crippen molar-refractivity contribution in [3.8, 4) is 11.5 Å². The number of carbonyl (C=O) groups is 2. The second kappa shape index (κ2) is 9.77. The number of amides is 2. The lowest BCUT2D eigenvalue weighted by atomic mass is 10.2. The first-order valence-corrected chi connectivity index (χ1v) is 11.6. The number of nitrogens with zero attached hydrogens (tertiary/aromatic N) is 1. The molecule has 2 amide bonds. The first kappa shape index (κ1) is 20.4. The SMILES string of the molecule is O=C(NCCCC(=O)N(Cc1cccs1)c1ccc2c(c1)OCCO2)c1ccsc1. The highest BCUT2D eigenvalue weighted by molar-refractivity contribution is 7.10. The number of fused-ring (bicyclic) bond motifs is 1. The van der Waals surface area contributed by atoms with Gasteiger partial charge in [-0.05, 0) is 41.4 Å². The van der Waals surface area contributed by atoms with Crippen LogP contribution in [0.4, 0.5) is 5.69 Å². The Hall–Kier alpha value is -2.84. The summed E-state index contributed by atoms with van der Waals surface area (Å²) in [5, 5.41) is 8.55. The molecule has 3 aromatic rings. The molecule has 4 rings (SSSR count). The molecule has 0 unspecified atom stereocenters. The van der Waals surface area contributed by atoms with E-state index in [9.17, 15) is 9.59 Å².